The lowest BCUT2D eigenvalue weighted by atomic mass is 10.2. The molecule has 1 N–H and O–H groups in total. The van der Waals surface area contributed by atoms with Gasteiger partial charge in [-0.1, -0.05) is 22.0 Å². The second-order valence-electron chi connectivity index (χ2n) is 7.06. The zero-order valence-corrected chi connectivity index (χ0v) is 18.6. The zero-order valence-electron chi connectivity index (χ0n) is 16.2. The maximum Gasteiger partial charge on any atom is 0.243 e. The van der Waals surface area contributed by atoms with Crippen molar-refractivity contribution in [3.63, 3.8) is 0 Å². The van der Waals surface area contributed by atoms with Gasteiger partial charge < -0.3 is 5.32 Å². The van der Waals surface area contributed by atoms with Gasteiger partial charge in [-0.25, -0.2) is 8.42 Å². The number of carbonyl (C=O) groups is 1. The summed E-state index contributed by atoms with van der Waals surface area (Å²) in [5, 5.41) is 3.84. The molecule has 1 aliphatic heterocycles. The number of piperazine rings is 1. The molecule has 1 amide bonds. The van der Waals surface area contributed by atoms with Crippen LogP contribution in [0.25, 0.3) is 10.9 Å². The Morgan fingerprint density at radius 2 is 1.73 bits per heavy atom. The van der Waals surface area contributed by atoms with Gasteiger partial charge in [-0.15, -0.1) is 0 Å². The number of sulfonamides is 1. The molecule has 9 heteroatoms. The normalized spacial score (nSPS) is 15.9. The Balaban J connectivity index is 1.35. The van der Waals surface area contributed by atoms with Gasteiger partial charge in [0.25, 0.3) is 0 Å². The number of halogens is 1. The maximum absolute atomic E-state index is 12.8. The standard InChI is InChI=1S/C21H21BrN4O3S/c22-16-6-8-17(9-7-16)30(28,29)26-13-11-25(12-14-26)15-21(27)24-20-5-1-4-19-18(20)3-2-10-23-19/h1-10H,11-15H2,(H,24,27). The van der Waals surface area contributed by atoms with Crippen molar-refractivity contribution in [1.29, 1.82) is 0 Å². The largest absolute Gasteiger partial charge is 0.324 e. The molecule has 0 atom stereocenters. The number of pyridine rings is 1. The molecule has 4 rings (SSSR count). The quantitative estimate of drug-likeness (QED) is 0.596. The second kappa shape index (κ2) is 8.81. The first-order valence-corrected chi connectivity index (χ1v) is 11.8. The number of aromatic nitrogens is 1. The van der Waals surface area contributed by atoms with Crippen molar-refractivity contribution in [3.05, 3.63) is 65.3 Å². The Labute approximate surface area is 183 Å². The monoisotopic (exact) mass is 488 g/mol. The summed E-state index contributed by atoms with van der Waals surface area (Å²) in [5.41, 5.74) is 1.55. The van der Waals surface area contributed by atoms with Crippen molar-refractivity contribution >= 4 is 48.5 Å². The second-order valence-corrected chi connectivity index (χ2v) is 9.91. The highest BCUT2D eigenvalue weighted by molar-refractivity contribution is 9.10. The number of benzene rings is 2. The van der Waals surface area contributed by atoms with Crippen LogP contribution in [-0.4, -0.2) is 61.2 Å². The van der Waals surface area contributed by atoms with E-state index in [0.717, 1.165) is 21.1 Å². The van der Waals surface area contributed by atoms with Crippen LogP contribution >= 0.6 is 15.9 Å². The van der Waals surface area contributed by atoms with Crippen molar-refractivity contribution in [1.82, 2.24) is 14.2 Å². The fraction of sp³-hybridized carbons (Fsp3) is 0.238. The van der Waals surface area contributed by atoms with E-state index < -0.39 is 10.0 Å². The molecular weight excluding hydrogens is 468 g/mol. The molecule has 156 valence electrons. The van der Waals surface area contributed by atoms with Gasteiger partial charge in [0.1, 0.15) is 0 Å². The van der Waals surface area contributed by atoms with Crippen LogP contribution in [0.2, 0.25) is 0 Å². The summed E-state index contributed by atoms with van der Waals surface area (Å²) in [5.74, 6) is -0.129. The summed E-state index contributed by atoms with van der Waals surface area (Å²) in [6.07, 6.45) is 1.72. The summed E-state index contributed by atoms with van der Waals surface area (Å²) < 4.78 is 27.9. The van der Waals surface area contributed by atoms with Crippen LogP contribution in [0.1, 0.15) is 0 Å². The van der Waals surface area contributed by atoms with Crippen molar-refractivity contribution in [2.75, 3.05) is 38.0 Å². The molecule has 0 aliphatic carbocycles. The van der Waals surface area contributed by atoms with Crippen molar-refractivity contribution in [2.45, 2.75) is 4.90 Å². The van der Waals surface area contributed by atoms with E-state index >= 15 is 0 Å². The number of amides is 1. The molecule has 0 saturated carbocycles. The van der Waals surface area contributed by atoms with Crippen molar-refractivity contribution < 1.29 is 13.2 Å². The van der Waals surface area contributed by atoms with Gasteiger partial charge in [-0.3, -0.25) is 14.7 Å². The lowest BCUT2D eigenvalue weighted by molar-refractivity contribution is -0.117. The molecule has 2 heterocycles. The van der Waals surface area contributed by atoms with Crippen LogP contribution < -0.4 is 5.32 Å². The molecular formula is C21H21BrN4O3S. The number of fused-ring (bicyclic) bond motifs is 1. The third kappa shape index (κ3) is 4.54. The first kappa shape index (κ1) is 20.9. The van der Waals surface area contributed by atoms with E-state index in [-0.39, 0.29) is 17.3 Å². The van der Waals surface area contributed by atoms with Crippen LogP contribution in [0.5, 0.6) is 0 Å². The van der Waals surface area contributed by atoms with Crippen molar-refractivity contribution in [3.8, 4) is 0 Å². The number of rotatable bonds is 5. The topological polar surface area (TPSA) is 82.6 Å². The highest BCUT2D eigenvalue weighted by Crippen LogP contribution is 2.22. The number of hydrogen-bond acceptors (Lipinski definition) is 5. The minimum atomic E-state index is -3.53. The average Bonchev–Trinajstić information content (AvgIpc) is 2.75. The van der Waals surface area contributed by atoms with E-state index in [4.69, 9.17) is 0 Å². The van der Waals surface area contributed by atoms with Crippen LogP contribution in [0.3, 0.4) is 0 Å². The molecule has 1 aliphatic rings. The number of carbonyl (C=O) groups excluding carboxylic acids is 1. The molecule has 1 aromatic heterocycles. The first-order valence-electron chi connectivity index (χ1n) is 9.55. The van der Waals surface area contributed by atoms with Gasteiger partial charge in [0, 0.05) is 42.2 Å². The highest BCUT2D eigenvalue weighted by Gasteiger charge is 2.29. The fourth-order valence-corrected chi connectivity index (χ4v) is 5.18. The molecule has 1 fully saturated rings. The van der Waals surface area contributed by atoms with Gasteiger partial charge in [-0.05, 0) is 48.5 Å². The Bertz CT molecular complexity index is 1160. The van der Waals surface area contributed by atoms with Crippen LogP contribution in [0.4, 0.5) is 5.69 Å². The number of nitrogens with zero attached hydrogens (tertiary/aromatic N) is 3. The maximum atomic E-state index is 12.8. The van der Waals surface area contributed by atoms with Gasteiger partial charge in [0.2, 0.25) is 15.9 Å². The number of hydrogen-bond donors (Lipinski definition) is 1. The molecule has 2 aromatic carbocycles. The molecule has 0 radical (unpaired) electrons. The molecule has 0 unspecified atom stereocenters. The van der Waals surface area contributed by atoms with E-state index in [1.807, 2.05) is 35.2 Å². The van der Waals surface area contributed by atoms with Gasteiger partial charge in [0.15, 0.2) is 0 Å². The summed E-state index contributed by atoms with van der Waals surface area (Å²) in [6, 6.07) is 16.0. The van der Waals surface area contributed by atoms with Gasteiger partial charge >= 0.3 is 0 Å². The summed E-state index contributed by atoms with van der Waals surface area (Å²) in [4.78, 5) is 19.1. The number of nitrogens with one attached hydrogen (secondary N) is 1. The molecule has 3 aromatic rings. The van der Waals surface area contributed by atoms with E-state index in [2.05, 4.69) is 26.2 Å². The van der Waals surface area contributed by atoms with Crippen molar-refractivity contribution in [2.24, 2.45) is 0 Å². The number of anilines is 1. The summed E-state index contributed by atoms with van der Waals surface area (Å²) >= 11 is 3.32. The lowest BCUT2D eigenvalue weighted by Crippen LogP contribution is -2.50. The molecule has 0 spiro atoms. The van der Waals surface area contributed by atoms with E-state index in [9.17, 15) is 13.2 Å². The third-order valence-corrected chi connectivity index (χ3v) is 7.51. The van der Waals surface area contributed by atoms with Crippen LogP contribution in [-0.2, 0) is 14.8 Å². The van der Waals surface area contributed by atoms with Gasteiger partial charge in [-0.2, -0.15) is 4.31 Å². The minimum Gasteiger partial charge on any atom is -0.324 e. The van der Waals surface area contributed by atoms with E-state index in [0.29, 0.717) is 26.2 Å². The summed E-state index contributed by atoms with van der Waals surface area (Å²) in [7, 11) is -3.53. The van der Waals surface area contributed by atoms with E-state index in [1.54, 1.807) is 30.5 Å². The predicted octanol–water partition coefficient (Wildman–Crippen LogP) is 2.94. The zero-order chi connectivity index (χ0) is 21.1. The molecule has 1 saturated heterocycles. The Morgan fingerprint density at radius 3 is 2.47 bits per heavy atom. The Morgan fingerprint density at radius 1 is 1.00 bits per heavy atom. The molecule has 7 nitrogen and oxygen atoms in total. The molecule has 0 bridgehead atoms. The lowest BCUT2D eigenvalue weighted by Gasteiger charge is -2.33. The minimum absolute atomic E-state index is 0.129. The smallest absolute Gasteiger partial charge is 0.243 e. The molecule has 30 heavy (non-hydrogen) atoms. The van der Waals surface area contributed by atoms with E-state index in [1.165, 1.54) is 4.31 Å². The van der Waals surface area contributed by atoms with Crippen LogP contribution in [0, 0.1) is 0 Å². The van der Waals surface area contributed by atoms with Gasteiger partial charge in [0.05, 0.1) is 22.6 Å². The fourth-order valence-electron chi connectivity index (χ4n) is 3.49. The SMILES string of the molecule is O=C(CN1CCN(S(=O)(=O)c2ccc(Br)cc2)CC1)Nc1cccc2ncccc12. The van der Waals surface area contributed by atoms with Crippen LogP contribution in [0.15, 0.2) is 70.2 Å². The Hall–Kier alpha value is -2.33. The summed E-state index contributed by atoms with van der Waals surface area (Å²) in [6.45, 7) is 1.91. The average molecular weight is 489 g/mol. The third-order valence-electron chi connectivity index (χ3n) is 5.07. The Kier molecular flexibility index (Phi) is 6.14. The predicted molar refractivity (Wildman–Crippen MR) is 120 cm³/mol. The highest BCUT2D eigenvalue weighted by atomic mass is 79.9. The first-order chi connectivity index (χ1) is 14.4.